The van der Waals surface area contributed by atoms with E-state index in [-0.39, 0.29) is 5.78 Å². The van der Waals surface area contributed by atoms with Crippen LogP contribution in [-0.2, 0) is 9.09 Å². The zero-order valence-electron chi connectivity index (χ0n) is 18.8. The monoisotopic (exact) mass is 404 g/mol. The number of allylic oxidation sites excluding steroid dienone is 1. The van der Waals surface area contributed by atoms with Gasteiger partial charge in [-0.2, -0.15) is 0 Å². The predicted molar refractivity (Wildman–Crippen MR) is 118 cm³/mol. The highest BCUT2D eigenvalue weighted by Gasteiger charge is 2.41. The third kappa shape index (κ3) is 14.5. The fourth-order valence-electron chi connectivity index (χ4n) is 3.54. The molecule has 0 aliphatic carbocycles. The predicted octanol–water partition coefficient (Wildman–Crippen LogP) is 6.89. The van der Waals surface area contributed by atoms with Crippen LogP contribution in [0.3, 0.4) is 0 Å². The SMILES string of the molecule is CCCCCCCCCCCCC=CCCOP(=O)(O)C(CC)[N+](C)(C)C. The summed E-state index contributed by atoms with van der Waals surface area (Å²) in [7, 11) is 2.24. The molecule has 0 heterocycles. The molecule has 0 fully saturated rings. The minimum Gasteiger partial charge on any atom is -0.320 e. The number of unbranched alkanes of at least 4 members (excludes halogenated alkanes) is 10. The molecule has 0 aliphatic heterocycles. The van der Waals surface area contributed by atoms with E-state index in [1.165, 1.54) is 64.2 Å². The molecule has 0 radical (unpaired) electrons. The van der Waals surface area contributed by atoms with Gasteiger partial charge in [0.2, 0.25) is 0 Å². The minimum absolute atomic E-state index is 0.318. The maximum Gasteiger partial charge on any atom is 0.385 e. The smallest absolute Gasteiger partial charge is 0.320 e. The van der Waals surface area contributed by atoms with Crippen LogP contribution in [0.15, 0.2) is 12.2 Å². The standard InChI is InChI=1S/C22H46NO3P/c1-6-8-9-10-11-12-13-14-15-16-17-18-19-20-21-26-27(24,25)22(7-2)23(3,4)5/h18-19,22H,6-17,20-21H2,1-5H3/p+1. The number of hydrogen-bond acceptors (Lipinski definition) is 2. The highest BCUT2D eigenvalue weighted by Crippen LogP contribution is 2.51. The van der Waals surface area contributed by atoms with E-state index in [1.54, 1.807) is 0 Å². The molecule has 0 aromatic heterocycles. The number of rotatable bonds is 18. The normalized spacial score (nSPS) is 15.9. The van der Waals surface area contributed by atoms with Crippen molar-refractivity contribution in [3.05, 3.63) is 12.2 Å². The molecule has 162 valence electrons. The Balaban J connectivity index is 3.64. The van der Waals surface area contributed by atoms with E-state index in [4.69, 9.17) is 4.52 Å². The molecule has 0 spiro atoms. The van der Waals surface area contributed by atoms with Gasteiger partial charge in [0.25, 0.3) is 0 Å². The largest absolute Gasteiger partial charge is 0.385 e. The minimum atomic E-state index is -3.57. The van der Waals surface area contributed by atoms with Crippen molar-refractivity contribution in [1.82, 2.24) is 0 Å². The van der Waals surface area contributed by atoms with Crippen molar-refractivity contribution >= 4 is 7.60 Å². The summed E-state index contributed by atoms with van der Waals surface area (Å²) in [5.41, 5.74) is 0. The lowest BCUT2D eigenvalue weighted by Gasteiger charge is -2.35. The summed E-state index contributed by atoms with van der Waals surface area (Å²) in [5.74, 6) is -0.367. The Labute approximate surface area is 169 Å². The Morgan fingerprint density at radius 3 is 1.81 bits per heavy atom. The average Bonchev–Trinajstić information content (AvgIpc) is 2.57. The Morgan fingerprint density at radius 1 is 0.852 bits per heavy atom. The lowest BCUT2D eigenvalue weighted by atomic mass is 10.1. The van der Waals surface area contributed by atoms with Crippen LogP contribution in [0.1, 0.15) is 97.3 Å². The molecule has 0 aliphatic rings. The van der Waals surface area contributed by atoms with Crippen LogP contribution in [-0.4, -0.2) is 42.9 Å². The molecular formula is C22H47NO3P+. The highest BCUT2D eigenvalue weighted by molar-refractivity contribution is 7.53. The lowest BCUT2D eigenvalue weighted by molar-refractivity contribution is -0.883. The summed E-state index contributed by atoms with van der Waals surface area (Å²) in [4.78, 5) is 10.2. The Hall–Kier alpha value is -0.150. The van der Waals surface area contributed by atoms with Gasteiger partial charge in [0.1, 0.15) is 0 Å². The second-order valence-electron chi connectivity index (χ2n) is 8.63. The van der Waals surface area contributed by atoms with Crippen LogP contribution in [0.25, 0.3) is 0 Å². The van der Waals surface area contributed by atoms with Gasteiger partial charge in [0.15, 0.2) is 5.78 Å². The summed E-state index contributed by atoms with van der Waals surface area (Å²) in [6.07, 6.45) is 20.3. The summed E-state index contributed by atoms with van der Waals surface area (Å²) in [6.45, 7) is 4.52. The maximum absolute atomic E-state index is 12.4. The van der Waals surface area contributed by atoms with Crippen molar-refractivity contribution < 1.29 is 18.5 Å². The van der Waals surface area contributed by atoms with E-state index in [0.29, 0.717) is 23.9 Å². The van der Waals surface area contributed by atoms with Gasteiger partial charge in [-0.15, -0.1) is 0 Å². The van der Waals surface area contributed by atoms with E-state index in [1.807, 2.05) is 28.1 Å². The molecule has 1 N–H and O–H groups in total. The van der Waals surface area contributed by atoms with Crippen LogP contribution in [0.5, 0.6) is 0 Å². The molecule has 5 heteroatoms. The third-order valence-corrected chi connectivity index (χ3v) is 7.45. The van der Waals surface area contributed by atoms with Crippen molar-refractivity contribution in [3.63, 3.8) is 0 Å². The molecule has 27 heavy (non-hydrogen) atoms. The van der Waals surface area contributed by atoms with Gasteiger partial charge < -0.3 is 13.9 Å². The molecule has 0 amide bonds. The molecule has 0 bridgehead atoms. The van der Waals surface area contributed by atoms with Gasteiger partial charge >= 0.3 is 7.60 Å². The quantitative estimate of drug-likeness (QED) is 0.117. The number of quaternary nitrogens is 1. The van der Waals surface area contributed by atoms with Gasteiger partial charge in [-0.3, -0.25) is 4.57 Å². The molecule has 2 atom stereocenters. The highest BCUT2D eigenvalue weighted by atomic mass is 31.2. The summed E-state index contributed by atoms with van der Waals surface area (Å²) in [6, 6.07) is 0. The van der Waals surface area contributed by atoms with Crippen molar-refractivity contribution in [2.75, 3.05) is 27.7 Å². The van der Waals surface area contributed by atoms with Gasteiger partial charge in [-0.05, 0) is 19.3 Å². The Bertz CT molecular complexity index is 418. The zero-order chi connectivity index (χ0) is 20.6. The number of nitrogens with zero attached hydrogens (tertiary/aromatic N) is 1. The first-order valence-corrected chi connectivity index (χ1v) is 12.8. The van der Waals surface area contributed by atoms with Crippen molar-refractivity contribution in [3.8, 4) is 0 Å². The molecule has 2 unspecified atom stereocenters. The second-order valence-corrected chi connectivity index (χ2v) is 10.6. The van der Waals surface area contributed by atoms with E-state index in [9.17, 15) is 9.46 Å². The molecule has 0 saturated carbocycles. The fraction of sp³-hybridized carbons (Fsp3) is 0.909. The van der Waals surface area contributed by atoms with Crippen molar-refractivity contribution in [1.29, 1.82) is 0 Å². The number of hydrogen-bond donors (Lipinski definition) is 1. The Morgan fingerprint density at radius 2 is 1.33 bits per heavy atom. The average molecular weight is 405 g/mol. The first-order valence-electron chi connectivity index (χ1n) is 11.2. The Kier molecular flexibility index (Phi) is 15.6. The topological polar surface area (TPSA) is 46.5 Å². The van der Waals surface area contributed by atoms with Crippen LogP contribution in [0.4, 0.5) is 0 Å². The van der Waals surface area contributed by atoms with E-state index in [0.717, 1.165) is 6.42 Å². The third-order valence-electron chi connectivity index (χ3n) is 5.09. The lowest BCUT2D eigenvalue weighted by Crippen LogP contribution is -2.44. The van der Waals surface area contributed by atoms with Gasteiger partial charge in [-0.25, -0.2) is 0 Å². The maximum atomic E-state index is 12.4. The summed E-state index contributed by atoms with van der Waals surface area (Å²) in [5, 5.41) is 0. The zero-order valence-corrected chi connectivity index (χ0v) is 19.7. The van der Waals surface area contributed by atoms with E-state index < -0.39 is 7.60 Å². The van der Waals surface area contributed by atoms with Crippen LogP contribution < -0.4 is 0 Å². The first kappa shape index (κ1) is 26.9. The molecule has 4 nitrogen and oxygen atoms in total. The summed E-state index contributed by atoms with van der Waals surface area (Å²) >= 11 is 0. The van der Waals surface area contributed by atoms with E-state index in [2.05, 4.69) is 19.1 Å². The molecule has 0 aromatic carbocycles. The first-order chi connectivity index (χ1) is 12.8. The van der Waals surface area contributed by atoms with Crippen molar-refractivity contribution in [2.45, 2.75) is 103 Å². The molecular weight excluding hydrogens is 357 g/mol. The van der Waals surface area contributed by atoms with Gasteiger partial charge in [-0.1, -0.05) is 83.8 Å². The van der Waals surface area contributed by atoms with Gasteiger partial charge in [0, 0.05) is 6.42 Å². The van der Waals surface area contributed by atoms with Crippen LogP contribution in [0, 0.1) is 0 Å². The molecule has 0 rings (SSSR count). The molecule has 0 saturated heterocycles. The van der Waals surface area contributed by atoms with E-state index >= 15 is 0 Å². The van der Waals surface area contributed by atoms with Gasteiger partial charge in [0.05, 0.1) is 27.7 Å². The van der Waals surface area contributed by atoms with Crippen molar-refractivity contribution in [2.24, 2.45) is 0 Å². The summed E-state index contributed by atoms with van der Waals surface area (Å²) < 4.78 is 18.2. The van der Waals surface area contributed by atoms with Crippen LogP contribution in [0.2, 0.25) is 0 Å². The van der Waals surface area contributed by atoms with Crippen LogP contribution >= 0.6 is 7.60 Å². The fourth-order valence-corrected chi connectivity index (χ4v) is 5.42. The molecule has 0 aromatic rings. The second kappa shape index (κ2) is 15.7.